The third kappa shape index (κ3) is 3.16. The van der Waals surface area contributed by atoms with Crippen LogP contribution >= 0.6 is 39.7 Å². The number of rotatable bonds is 2. The largest absolute Gasteiger partial charge is 0.272 e. The van der Waals surface area contributed by atoms with Crippen molar-refractivity contribution < 1.29 is 4.79 Å². The van der Waals surface area contributed by atoms with Crippen molar-refractivity contribution in [2.24, 2.45) is 4.99 Å². The number of thiocarbonyl (C=S) groups is 1. The van der Waals surface area contributed by atoms with Crippen molar-refractivity contribution in [3.8, 4) is 0 Å². The average molecular weight is 422 g/mol. The fourth-order valence-electron chi connectivity index (χ4n) is 2.58. The Morgan fingerprint density at radius 1 is 1.12 bits per heavy atom. The summed E-state index contributed by atoms with van der Waals surface area (Å²) < 4.78 is 0.976. The van der Waals surface area contributed by atoms with E-state index in [9.17, 15) is 4.79 Å². The molecule has 3 rings (SSSR count). The third-order valence-corrected chi connectivity index (χ3v) is 4.91. The molecule has 1 aliphatic heterocycles. The Labute approximate surface area is 159 Å². The van der Waals surface area contributed by atoms with E-state index in [0.29, 0.717) is 21.3 Å². The van der Waals surface area contributed by atoms with Gasteiger partial charge < -0.3 is 0 Å². The summed E-state index contributed by atoms with van der Waals surface area (Å²) in [4.78, 5) is 19.6. The lowest BCUT2D eigenvalue weighted by Gasteiger charge is -2.29. The van der Waals surface area contributed by atoms with Gasteiger partial charge >= 0.3 is 0 Å². The van der Waals surface area contributed by atoms with Crippen molar-refractivity contribution in [1.29, 1.82) is 0 Å². The monoisotopic (exact) mass is 420 g/mol. The lowest BCUT2D eigenvalue weighted by Crippen LogP contribution is -2.46. The summed E-state index contributed by atoms with van der Waals surface area (Å²) in [5, 5.41) is 0.585. The maximum atomic E-state index is 12.9. The van der Waals surface area contributed by atoms with Gasteiger partial charge in [0.1, 0.15) is 16.4 Å². The second-order valence-corrected chi connectivity index (χ2v) is 7.65. The zero-order chi connectivity index (χ0) is 17.5. The molecule has 0 radical (unpaired) electrons. The molecular weight excluding hydrogens is 408 g/mol. The molecule has 1 heterocycles. The maximum absolute atomic E-state index is 12.9. The molecule has 0 saturated carbocycles. The van der Waals surface area contributed by atoms with Crippen LogP contribution in [-0.2, 0) is 0 Å². The highest BCUT2D eigenvalue weighted by molar-refractivity contribution is 9.10. The molecule has 3 nitrogen and oxygen atoms in total. The second kappa shape index (κ2) is 6.39. The average Bonchev–Trinajstić information content (AvgIpc) is 2.78. The minimum Gasteiger partial charge on any atom is -0.272 e. The van der Waals surface area contributed by atoms with Gasteiger partial charge in [-0.25, -0.2) is 0 Å². The minimum atomic E-state index is -0.740. The molecule has 0 spiro atoms. The van der Waals surface area contributed by atoms with Gasteiger partial charge in [-0.15, -0.1) is 0 Å². The number of amides is 1. The molecule has 6 heteroatoms. The molecule has 2 aromatic carbocycles. The Morgan fingerprint density at radius 3 is 2.29 bits per heavy atom. The normalized spacial score (nSPS) is 16.2. The lowest BCUT2D eigenvalue weighted by atomic mass is 10.1. The van der Waals surface area contributed by atoms with E-state index in [1.807, 2.05) is 38.1 Å². The molecule has 0 saturated heterocycles. The quantitative estimate of drug-likeness (QED) is 0.631. The first-order chi connectivity index (χ1) is 11.3. The van der Waals surface area contributed by atoms with Crippen LogP contribution in [-0.4, -0.2) is 27.2 Å². The number of benzene rings is 2. The van der Waals surface area contributed by atoms with Crippen LogP contribution in [0.3, 0.4) is 0 Å². The molecular formula is C18H14BrClN2OS. The van der Waals surface area contributed by atoms with Crippen molar-refractivity contribution in [3.63, 3.8) is 0 Å². The molecule has 0 N–H and O–H groups in total. The molecule has 1 amide bonds. The van der Waals surface area contributed by atoms with Crippen LogP contribution in [0.2, 0.25) is 5.02 Å². The van der Waals surface area contributed by atoms with E-state index >= 15 is 0 Å². The van der Waals surface area contributed by atoms with E-state index in [-0.39, 0.29) is 5.91 Å². The smallest absolute Gasteiger partial charge is 0.260 e. The molecule has 0 atom stereocenters. The van der Waals surface area contributed by atoms with Gasteiger partial charge in [0.2, 0.25) is 0 Å². The van der Waals surface area contributed by atoms with Gasteiger partial charge in [0.05, 0.1) is 0 Å². The Hall–Kier alpha value is -1.56. The van der Waals surface area contributed by atoms with Gasteiger partial charge in [-0.05, 0) is 50.2 Å². The molecule has 1 aliphatic rings. The first kappa shape index (κ1) is 17.3. The first-order valence-corrected chi connectivity index (χ1v) is 8.88. The number of nitrogens with zero attached hydrogens (tertiary/aromatic N) is 2. The summed E-state index contributed by atoms with van der Waals surface area (Å²) in [5.41, 5.74) is 1.34. The van der Waals surface area contributed by atoms with E-state index < -0.39 is 5.66 Å². The van der Waals surface area contributed by atoms with Crippen molar-refractivity contribution in [1.82, 2.24) is 4.90 Å². The van der Waals surface area contributed by atoms with Crippen LogP contribution in [0.1, 0.15) is 29.8 Å². The fourth-order valence-corrected chi connectivity index (χ4v) is 3.44. The highest BCUT2D eigenvalue weighted by Crippen LogP contribution is 2.29. The number of aliphatic imine (C=N–C) groups is 1. The van der Waals surface area contributed by atoms with Crippen LogP contribution < -0.4 is 0 Å². The Kier molecular flexibility index (Phi) is 4.60. The molecule has 2 aromatic rings. The van der Waals surface area contributed by atoms with Gasteiger partial charge in [0.25, 0.3) is 5.91 Å². The second-order valence-electron chi connectivity index (χ2n) is 5.91. The fraction of sp³-hybridized carbons (Fsp3) is 0.167. The zero-order valence-electron chi connectivity index (χ0n) is 13.1. The van der Waals surface area contributed by atoms with E-state index in [0.717, 1.165) is 10.0 Å². The third-order valence-electron chi connectivity index (χ3n) is 3.75. The number of carbonyl (C=O) groups excluding carboxylic acids is 1. The van der Waals surface area contributed by atoms with Crippen LogP contribution in [0.25, 0.3) is 0 Å². The Bertz CT molecular complexity index is 844. The van der Waals surface area contributed by atoms with E-state index in [1.165, 1.54) is 0 Å². The number of halogens is 2. The minimum absolute atomic E-state index is 0.183. The molecule has 0 aromatic heterocycles. The Morgan fingerprint density at radius 2 is 1.71 bits per heavy atom. The predicted octanol–water partition coefficient (Wildman–Crippen LogP) is 5.11. The summed E-state index contributed by atoms with van der Waals surface area (Å²) >= 11 is 14.9. The van der Waals surface area contributed by atoms with Crippen LogP contribution in [0.5, 0.6) is 0 Å². The summed E-state index contributed by atoms with van der Waals surface area (Å²) in [6.07, 6.45) is 0. The van der Waals surface area contributed by atoms with E-state index in [1.54, 1.807) is 29.2 Å². The van der Waals surface area contributed by atoms with Gasteiger partial charge in [0.15, 0.2) is 0 Å². The van der Waals surface area contributed by atoms with Gasteiger partial charge in [0, 0.05) is 20.6 Å². The zero-order valence-corrected chi connectivity index (χ0v) is 16.2. The van der Waals surface area contributed by atoms with Crippen molar-refractivity contribution >= 4 is 56.4 Å². The topological polar surface area (TPSA) is 32.7 Å². The van der Waals surface area contributed by atoms with E-state index in [2.05, 4.69) is 20.9 Å². The van der Waals surface area contributed by atoms with Crippen molar-refractivity contribution in [3.05, 3.63) is 69.2 Å². The molecule has 24 heavy (non-hydrogen) atoms. The molecule has 122 valence electrons. The lowest BCUT2D eigenvalue weighted by molar-refractivity contribution is 0.0758. The first-order valence-electron chi connectivity index (χ1n) is 7.30. The number of hydrogen-bond donors (Lipinski definition) is 0. The van der Waals surface area contributed by atoms with Crippen LogP contribution in [0.15, 0.2) is 58.0 Å². The van der Waals surface area contributed by atoms with Crippen molar-refractivity contribution in [2.75, 3.05) is 0 Å². The highest BCUT2D eigenvalue weighted by atomic mass is 79.9. The molecule has 0 bridgehead atoms. The summed E-state index contributed by atoms with van der Waals surface area (Å²) in [6.45, 7) is 3.75. The summed E-state index contributed by atoms with van der Waals surface area (Å²) in [7, 11) is 0. The Balaban J connectivity index is 1.96. The van der Waals surface area contributed by atoms with E-state index in [4.69, 9.17) is 23.8 Å². The molecule has 0 unspecified atom stereocenters. The van der Waals surface area contributed by atoms with Crippen molar-refractivity contribution in [2.45, 2.75) is 19.5 Å². The number of hydrogen-bond acceptors (Lipinski definition) is 3. The van der Waals surface area contributed by atoms with Gasteiger partial charge in [-0.1, -0.05) is 51.9 Å². The predicted molar refractivity (Wildman–Crippen MR) is 105 cm³/mol. The SMILES string of the molecule is CC1(C)N=C(c2ccc(Br)cc2)C(=S)N1C(=O)c1ccc(Cl)cc1. The summed E-state index contributed by atoms with van der Waals surface area (Å²) in [6, 6.07) is 14.5. The van der Waals surface area contributed by atoms with Gasteiger partial charge in [-0.3, -0.25) is 14.7 Å². The molecule has 0 aliphatic carbocycles. The standard InChI is InChI=1S/C18H14BrClN2OS/c1-18(2)21-15(11-3-7-13(19)8-4-11)17(24)22(18)16(23)12-5-9-14(20)10-6-12/h3-10H,1-2H3. The van der Waals surface area contributed by atoms with Crippen LogP contribution in [0, 0.1) is 0 Å². The highest BCUT2D eigenvalue weighted by Gasteiger charge is 2.42. The maximum Gasteiger partial charge on any atom is 0.260 e. The van der Waals surface area contributed by atoms with Crippen LogP contribution in [0.4, 0.5) is 0 Å². The summed E-state index contributed by atoms with van der Waals surface area (Å²) in [5.74, 6) is -0.183. The van der Waals surface area contributed by atoms with Gasteiger partial charge in [-0.2, -0.15) is 0 Å². The molecule has 0 fully saturated rings. The number of carbonyl (C=O) groups is 1.